The van der Waals surface area contributed by atoms with E-state index in [9.17, 15) is 0 Å². The molecule has 1 atom stereocenters. The summed E-state index contributed by atoms with van der Waals surface area (Å²) in [6.07, 6.45) is 9.49. The number of fused-ring (bicyclic) bond motifs is 4. The fourth-order valence-electron chi connectivity index (χ4n) is 4.64. The summed E-state index contributed by atoms with van der Waals surface area (Å²) in [7, 11) is 0. The van der Waals surface area contributed by atoms with Gasteiger partial charge in [0.15, 0.2) is 0 Å². The van der Waals surface area contributed by atoms with Gasteiger partial charge in [0.25, 0.3) is 0 Å². The third-order valence-electron chi connectivity index (χ3n) is 6.02. The summed E-state index contributed by atoms with van der Waals surface area (Å²) in [5.74, 6) is 1.90. The molecule has 0 saturated carbocycles. The molecular formula is C18H25N3O2. The third kappa shape index (κ3) is 2.37. The van der Waals surface area contributed by atoms with Crippen molar-refractivity contribution in [1.82, 2.24) is 14.7 Å². The van der Waals surface area contributed by atoms with Gasteiger partial charge in [-0.2, -0.15) is 0 Å². The Balaban J connectivity index is 1.37. The Morgan fingerprint density at radius 2 is 1.87 bits per heavy atom. The molecule has 5 nitrogen and oxygen atoms in total. The van der Waals surface area contributed by atoms with Crippen LogP contribution in [0.5, 0.6) is 0 Å². The first kappa shape index (κ1) is 13.9. The van der Waals surface area contributed by atoms with Crippen molar-refractivity contribution in [2.75, 3.05) is 52.5 Å². The Morgan fingerprint density at radius 3 is 2.61 bits per heavy atom. The van der Waals surface area contributed by atoms with E-state index >= 15 is 0 Å². The second kappa shape index (κ2) is 5.56. The van der Waals surface area contributed by atoms with Crippen LogP contribution in [0.2, 0.25) is 0 Å². The number of hydrogen-bond donors (Lipinski definition) is 0. The highest BCUT2D eigenvalue weighted by Crippen LogP contribution is 2.36. The number of rotatable bonds is 2. The molecule has 23 heavy (non-hydrogen) atoms. The van der Waals surface area contributed by atoms with Crippen molar-refractivity contribution in [2.24, 2.45) is 5.92 Å². The molecular weight excluding hydrogens is 290 g/mol. The number of allylic oxidation sites excluding steroid dienone is 1. The molecule has 2 bridgehead atoms. The normalized spacial score (nSPS) is 36.2. The zero-order chi connectivity index (χ0) is 15.2. The standard InChI is InChI=1S/C18H25N3O2/c1-4-19-5-2-14(1)16(11-19)21-6-3-15-17(13-23-18(15)12-21)20-7-9-22-10-8-20/h3,6,12,14,16H,1-2,4-5,7-11,13H2/t16-/m0/s1. The summed E-state index contributed by atoms with van der Waals surface area (Å²) in [5.41, 5.74) is 2.62. The van der Waals surface area contributed by atoms with E-state index in [1.165, 1.54) is 43.7 Å². The minimum atomic E-state index is 0.624. The van der Waals surface area contributed by atoms with Crippen LogP contribution in [0.3, 0.4) is 0 Å². The van der Waals surface area contributed by atoms with Crippen molar-refractivity contribution in [3.63, 3.8) is 0 Å². The van der Waals surface area contributed by atoms with E-state index in [1.54, 1.807) is 0 Å². The highest BCUT2D eigenvalue weighted by Gasteiger charge is 2.38. The number of hydrogen-bond acceptors (Lipinski definition) is 5. The molecule has 6 heterocycles. The SMILES string of the molecule is C1=CN([C@H]2CN3CCC2CC3)C=C2OCC(N3CCOCC3)=C12. The largest absolute Gasteiger partial charge is 0.485 e. The Morgan fingerprint density at radius 1 is 1.04 bits per heavy atom. The van der Waals surface area contributed by atoms with Crippen LogP contribution >= 0.6 is 0 Å². The van der Waals surface area contributed by atoms with Gasteiger partial charge >= 0.3 is 0 Å². The summed E-state index contributed by atoms with van der Waals surface area (Å²) < 4.78 is 11.5. The summed E-state index contributed by atoms with van der Waals surface area (Å²) >= 11 is 0. The molecule has 0 amide bonds. The molecule has 0 N–H and O–H groups in total. The Bertz CT molecular complexity index is 569. The molecule has 6 aliphatic heterocycles. The van der Waals surface area contributed by atoms with Crippen LogP contribution in [0.15, 0.2) is 35.5 Å². The van der Waals surface area contributed by atoms with Crippen LogP contribution in [0.1, 0.15) is 12.8 Å². The molecule has 0 spiro atoms. The predicted molar refractivity (Wildman–Crippen MR) is 87.4 cm³/mol. The zero-order valence-electron chi connectivity index (χ0n) is 13.6. The van der Waals surface area contributed by atoms with Gasteiger partial charge < -0.3 is 24.2 Å². The molecule has 6 aliphatic rings. The van der Waals surface area contributed by atoms with Gasteiger partial charge in [-0.25, -0.2) is 0 Å². The highest BCUT2D eigenvalue weighted by molar-refractivity contribution is 5.46. The van der Waals surface area contributed by atoms with Crippen molar-refractivity contribution in [1.29, 1.82) is 0 Å². The number of nitrogens with zero attached hydrogens (tertiary/aromatic N) is 3. The number of morpholine rings is 1. The first-order chi connectivity index (χ1) is 11.4. The van der Waals surface area contributed by atoms with Gasteiger partial charge in [0.1, 0.15) is 12.4 Å². The molecule has 4 saturated heterocycles. The second-order valence-corrected chi connectivity index (χ2v) is 7.21. The smallest absolute Gasteiger partial charge is 0.145 e. The van der Waals surface area contributed by atoms with Crippen LogP contribution < -0.4 is 0 Å². The topological polar surface area (TPSA) is 28.2 Å². The van der Waals surface area contributed by atoms with Gasteiger partial charge in [-0.3, -0.25) is 0 Å². The van der Waals surface area contributed by atoms with Crippen LogP contribution in [-0.4, -0.2) is 73.3 Å². The van der Waals surface area contributed by atoms with Crippen molar-refractivity contribution in [3.05, 3.63) is 35.5 Å². The average Bonchev–Trinajstić information content (AvgIpc) is 3.06. The lowest BCUT2D eigenvalue weighted by atomic mass is 9.83. The van der Waals surface area contributed by atoms with Gasteiger partial charge in [0.05, 0.1) is 18.9 Å². The quantitative estimate of drug-likeness (QED) is 0.767. The molecule has 0 unspecified atom stereocenters. The Kier molecular flexibility index (Phi) is 3.37. The van der Waals surface area contributed by atoms with Crippen molar-refractivity contribution < 1.29 is 9.47 Å². The number of ether oxygens (including phenoxy) is 2. The average molecular weight is 315 g/mol. The molecule has 0 aromatic carbocycles. The first-order valence-corrected chi connectivity index (χ1v) is 8.97. The van der Waals surface area contributed by atoms with Crippen LogP contribution in [-0.2, 0) is 9.47 Å². The monoisotopic (exact) mass is 315 g/mol. The third-order valence-corrected chi connectivity index (χ3v) is 6.02. The van der Waals surface area contributed by atoms with Crippen molar-refractivity contribution in [3.8, 4) is 0 Å². The Labute approximate surface area is 137 Å². The highest BCUT2D eigenvalue weighted by atomic mass is 16.5. The summed E-state index contributed by atoms with van der Waals surface area (Å²) in [6.45, 7) is 8.10. The molecule has 0 radical (unpaired) electrons. The van der Waals surface area contributed by atoms with E-state index in [4.69, 9.17) is 9.47 Å². The molecule has 0 aliphatic carbocycles. The molecule has 5 heteroatoms. The molecule has 4 fully saturated rings. The molecule has 0 aromatic rings. The van der Waals surface area contributed by atoms with Crippen molar-refractivity contribution in [2.45, 2.75) is 18.9 Å². The van der Waals surface area contributed by atoms with Gasteiger partial charge in [-0.1, -0.05) is 0 Å². The lowest BCUT2D eigenvalue weighted by Gasteiger charge is -2.48. The molecule has 6 rings (SSSR count). The van der Waals surface area contributed by atoms with Gasteiger partial charge in [0.2, 0.25) is 0 Å². The van der Waals surface area contributed by atoms with Crippen LogP contribution in [0.25, 0.3) is 0 Å². The fourth-order valence-corrected chi connectivity index (χ4v) is 4.64. The number of piperidine rings is 3. The minimum absolute atomic E-state index is 0.624. The van der Waals surface area contributed by atoms with E-state index in [0.717, 1.165) is 38.0 Å². The van der Waals surface area contributed by atoms with Gasteiger partial charge in [-0.15, -0.1) is 0 Å². The van der Waals surface area contributed by atoms with Crippen molar-refractivity contribution >= 4 is 0 Å². The van der Waals surface area contributed by atoms with E-state index in [-0.39, 0.29) is 0 Å². The lowest BCUT2D eigenvalue weighted by molar-refractivity contribution is 0.0396. The van der Waals surface area contributed by atoms with E-state index in [1.807, 2.05) is 0 Å². The van der Waals surface area contributed by atoms with Gasteiger partial charge in [-0.05, 0) is 37.9 Å². The van der Waals surface area contributed by atoms with E-state index < -0.39 is 0 Å². The summed E-state index contributed by atoms with van der Waals surface area (Å²) in [6, 6.07) is 0.624. The van der Waals surface area contributed by atoms with E-state index in [2.05, 4.69) is 33.2 Å². The zero-order valence-corrected chi connectivity index (χ0v) is 13.6. The van der Waals surface area contributed by atoms with Crippen LogP contribution in [0.4, 0.5) is 0 Å². The summed E-state index contributed by atoms with van der Waals surface area (Å²) in [5, 5.41) is 0. The molecule has 0 aromatic heterocycles. The second-order valence-electron chi connectivity index (χ2n) is 7.21. The lowest BCUT2D eigenvalue weighted by Crippen LogP contribution is -2.55. The Hall–Kier alpha value is -1.46. The van der Waals surface area contributed by atoms with Gasteiger partial charge in [0, 0.05) is 43.6 Å². The minimum Gasteiger partial charge on any atom is -0.485 e. The van der Waals surface area contributed by atoms with E-state index in [0.29, 0.717) is 12.6 Å². The maximum atomic E-state index is 6.02. The predicted octanol–water partition coefficient (Wildman–Crippen LogP) is 1.37. The molecule has 124 valence electrons. The maximum Gasteiger partial charge on any atom is 0.145 e. The van der Waals surface area contributed by atoms with Crippen LogP contribution in [0, 0.1) is 5.92 Å². The first-order valence-electron chi connectivity index (χ1n) is 8.97. The maximum absolute atomic E-state index is 6.02. The fraction of sp³-hybridized carbons (Fsp3) is 0.667. The summed E-state index contributed by atoms with van der Waals surface area (Å²) in [4.78, 5) is 7.45.